The molecule has 1 atom stereocenters. The number of rotatable bonds is 2. The van der Waals surface area contributed by atoms with E-state index in [4.69, 9.17) is 5.11 Å². The Morgan fingerprint density at radius 2 is 2.14 bits per heavy atom. The van der Waals surface area contributed by atoms with Crippen molar-refractivity contribution >= 4 is 41.4 Å². The fourth-order valence-electron chi connectivity index (χ4n) is 0.123. The molecule has 0 spiro atoms. The summed E-state index contributed by atoms with van der Waals surface area (Å²) in [6.07, 6.45) is 0.903. The van der Waals surface area contributed by atoms with E-state index in [2.05, 4.69) is 9.24 Å². The molecule has 0 aliphatic carbocycles. The van der Waals surface area contributed by atoms with Crippen molar-refractivity contribution in [2.75, 3.05) is 6.16 Å². The fourth-order valence-corrected chi connectivity index (χ4v) is 0.370. The van der Waals surface area contributed by atoms with Crippen molar-refractivity contribution < 1.29 is 9.90 Å². The van der Waals surface area contributed by atoms with Gasteiger partial charge in [0.05, 0.1) is 0 Å². The summed E-state index contributed by atoms with van der Waals surface area (Å²) in [6, 6.07) is 0. The smallest absolute Gasteiger partial charge is 0.303 e. The summed E-state index contributed by atoms with van der Waals surface area (Å²) in [5.74, 6) is -0.731. The first-order chi connectivity index (χ1) is 2.77. The van der Waals surface area contributed by atoms with Crippen LogP contribution < -0.4 is 0 Å². The van der Waals surface area contributed by atoms with Crippen LogP contribution in [0.2, 0.25) is 0 Å². The first-order valence-corrected chi connectivity index (χ1v) is 2.51. The first kappa shape index (κ1) is 10.7. The van der Waals surface area contributed by atoms with E-state index in [0.717, 1.165) is 0 Å². The Kier molecular flexibility index (Phi) is 10.4. The van der Waals surface area contributed by atoms with Gasteiger partial charge in [0.1, 0.15) is 0 Å². The summed E-state index contributed by atoms with van der Waals surface area (Å²) in [7, 11) is 2.34. The minimum atomic E-state index is -0.731. The van der Waals surface area contributed by atoms with Crippen molar-refractivity contribution in [2.24, 2.45) is 0 Å². The average Bonchev–Trinajstić information content (AvgIpc) is 1.35. The van der Waals surface area contributed by atoms with Gasteiger partial charge in [0.15, 0.2) is 0 Å². The Morgan fingerprint density at radius 3 is 2.14 bits per heavy atom. The maximum Gasteiger partial charge on any atom is 0.303 e. The molecule has 0 aromatic heterocycles. The number of carboxylic acid groups (broad SMARTS) is 1. The largest absolute Gasteiger partial charge is 0.481 e. The molecular formula is C3H7BiO2P. The second kappa shape index (κ2) is 6.78. The topological polar surface area (TPSA) is 37.3 Å². The molecule has 0 aliphatic rings. The van der Waals surface area contributed by atoms with Gasteiger partial charge in [0.2, 0.25) is 0 Å². The summed E-state index contributed by atoms with van der Waals surface area (Å²) >= 11 is 0. The Labute approximate surface area is 64.0 Å². The van der Waals surface area contributed by atoms with Crippen molar-refractivity contribution in [3.63, 3.8) is 0 Å². The fraction of sp³-hybridized carbons (Fsp3) is 0.667. The van der Waals surface area contributed by atoms with Crippen molar-refractivity contribution in [3.05, 3.63) is 0 Å². The summed E-state index contributed by atoms with van der Waals surface area (Å²) in [5.41, 5.74) is 0. The van der Waals surface area contributed by atoms with E-state index in [-0.39, 0.29) is 32.6 Å². The third-order valence-electron chi connectivity index (χ3n) is 0.358. The predicted octanol–water partition coefficient (Wildman–Crippen LogP) is -0.0446. The molecule has 0 heterocycles. The average molecular weight is 315 g/mol. The molecule has 41 valence electrons. The minimum Gasteiger partial charge on any atom is -0.481 e. The standard InChI is InChI=1S/C3H7O2P.Bi/c4-3(5)1-2-6;/h1-2,6H2,(H,4,5);. The molecule has 0 saturated carbocycles. The number of carboxylic acids is 1. The molecule has 2 nitrogen and oxygen atoms in total. The number of hydrogen-bond acceptors (Lipinski definition) is 1. The molecule has 4 heteroatoms. The van der Waals surface area contributed by atoms with Crippen LogP contribution >= 0.6 is 9.24 Å². The molecule has 7 heavy (non-hydrogen) atoms. The van der Waals surface area contributed by atoms with Crippen LogP contribution in [0.15, 0.2) is 0 Å². The normalized spacial score (nSPS) is 7.00. The molecule has 0 rings (SSSR count). The second-order valence-corrected chi connectivity index (χ2v) is 1.51. The molecule has 0 aliphatic heterocycles. The van der Waals surface area contributed by atoms with E-state index in [9.17, 15) is 4.79 Å². The van der Waals surface area contributed by atoms with Gasteiger partial charge in [-0.05, 0) is 6.16 Å². The molecule has 0 amide bonds. The SMILES string of the molecule is O=C(O)CCP.[Bi]. The molecular weight excluding hydrogens is 308 g/mol. The Bertz CT molecular complexity index is 56.9. The van der Waals surface area contributed by atoms with E-state index in [1.165, 1.54) is 0 Å². The molecule has 0 fully saturated rings. The summed E-state index contributed by atoms with van der Waals surface area (Å²) in [6.45, 7) is 0. The summed E-state index contributed by atoms with van der Waals surface area (Å²) in [5, 5.41) is 7.90. The summed E-state index contributed by atoms with van der Waals surface area (Å²) < 4.78 is 0. The van der Waals surface area contributed by atoms with E-state index < -0.39 is 5.97 Å². The van der Waals surface area contributed by atoms with Crippen LogP contribution in [0.5, 0.6) is 0 Å². The van der Waals surface area contributed by atoms with Crippen molar-refractivity contribution in [2.45, 2.75) is 6.42 Å². The Hall–Kier alpha value is 0.783. The van der Waals surface area contributed by atoms with Gasteiger partial charge in [0, 0.05) is 32.6 Å². The van der Waals surface area contributed by atoms with Crippen LogP contribution in [0.4, 0.5) is 0 Å². The van der Waals surface area contributed by atoms with Crippen molar-refractivity contribution in [1.82, 2.24) is 0 Å². The van der Waals surface area contributed by atoms with Gasteiger partial charge in [-0.1, -0.05) is 0 Å². The monoisotopic (exact) mass is 315 g/mol. The van der Waals surface area contributed by atoms with Gasteiger partial charge in [-0.3, -0.25) is 4.79 Å². The second-order valence-electron chi connectivity index (χ2n) is 0.932. The quantitative estimate of drug-likeness (QED) is 0.573. The zero-order valence-electron chi connectivity index (χ0n) is 3.79. The Balaban J connectivity index is 0. The molecule has 0 aromatic rings. The van der Waals surface area contributed by atoms with Gasteiger partial charge >= 0.3 is 5.97 Å². The first-order valence-electron chi connectivity index (χ1n) is 1.69. The zero-order chi connectivity index (χ0) is 4.99. The number of aliphatic carboxylic acids is 1. The van der Waals surface area contributed by atoms with Gasteiger partial charge in [-0.2, -0.15) is 0 Å². The van der Waals surface area contributed by atoms with Gasteiger partial charge in [0.25, 0.3) is 0 Å². The van der Waals surface area contributed by atoms with Crippen molar-refractivity contribution in [3.8, 4) is 0 Å². The maximum absolute atomic E-state index is 9.59. The summed E-state index contributed by atoms with van der Waals surface area (Å²) in [4.78, 5) is 9.59. The van der Waals surface area contributed by atoms with Crippen molar-refractivity contribution in [1.29, 1.82) is 0 Å². The van der Waals surface area contributed by atoms with E-state index in [1.54, 1.807) is 0 Å². The van der Waals surface area contributed by atoms with Crippen LogP contribution in [0.25, 0.3) is 0 Å². The Morgan fingerprint density at radius 1 is 1.71 bits per heavy atom. The van der Waals surface area contributed by atoms with Crippen LogP contribution in [0.1, 0.15) is 6.42 Å². The number of hydrogen-bond donors (Lipinski definition) is 1. The van der Waals surface area contributed by atoms with Gasteiger partial charge < -0.3 is 5.11 Å². The molecule has 1 unspecified atom stereocenters. The predicted molar refractivity (Wildman–Crippen MR) is 32.6 cm³/mol. The van der Waals surface area contributed by atoms with E-state index in [1.807, 2.05) is 0 Å². The minimum absolute atomic E-state index is 0. The molecule has 0 bridgehead atoms. The zero-order valence-corrected chi connectivity index (χ0v) is 8.43. The molecule has 0 saturated heterocycles. The third kappa shape index (κ3) is 10.8. The van der Waals surface area contributed by atoms with E-state index >= 15 is 0 Å². The molecule has 1 N–H and O–H groups in total. The van der Waals surface area contributed by atoms with Gasteiger partial charge in [-0.25, -0.2) is 0 Å². The number of carbonyl (C=O) groups is 1. The molecule has 0 aromatic carbocycles. The van der Waals surface area contributed by atoms with Crippen LogP contribution in [-0.2, 0) is 4.79 Å². The van der Waals surface area contributed by atoms with Crippen LogP contribution in [-0.4, -0.2) is 43.4 Å². The molecule has 3 radical (unpaired) electrons. The van der Waals surface area contributed by atoms with E-state index in [0.29, 0.717) is 6.16 Å². The maximum atomic E-state index is 9.59. The van der Waals surface area contributed by atoms with Gasteiger partial charge in [-0.15, -0.1) is 9.24 Å². The van der Waals surface area contributed by atoms with Crippen LogP contribution in [0, 0.1) is 0 Å². The van der Waals surface area contributed by atoms with Crippen LogP contribution in [0.3, 0.4) is 0 Å². The third-order valence-corrected chi connectivity index (χ3v) is 0.647.